The molecular weight excluding hydrogens is 757 g/mol. The van der Waals surface area contributed by atoms with Crippen LogP contribution in [0.3, 0.4) is 0 Å². The first-order chi connectivity index (χ1) is 29.1. The zero-order chi connectivity index (χ0) is 42.3. The van der Waals surface area contributed by atoms with Crippen molar-refractivity contribution in [2.75, 3.05) is 6.54 Å². The summed E-state index contributed by atoms with van der Waals surface area (Å²) >= 11 is 0. The number of ketones is 1. The van der Waals surface area contributed by atoms with E-state index in [2.05, 4.69) is 21.3 Å². The van der Waals surface area contributed by atoms with Crippen LogP contribution in [0.1, 0.15) is 58.3 Å². The van der Waals surface area contributed by atoms with Gasteiger partial charge in [0.25, 0.3) is 5.91 Å². The second-order valence-electron chi connectivity index (χ2n) is 15.2. The van der Waals surface area contributed by atoms with Crippen LogP contribution in [0.15, 0.2) is 140 Å². The molecule has 5 aromatic carbocycles. The van der Waals surface area contributed by atoms with Crippen LogP contribution in [0.2, 0.25) is 0 Å². The normalized spacial score (nSPS) is 19.8. The molecule has 2 aliphatic heterocycles. The zero-order valence-corrected chi connectivity index (χ0v) is 33.3. The van der Waals surface area contributed by atoms with Gasteiger partial charge in [-0.1, -0.05) is 127 Å². The quantitative estimate of drug-likeness (QED) is 0.120. The van der Waals surface area contributed by atoms with Gasteiger partial charge in [0.05, 0.1) is 12.0 Å². The summed E-state index contributed by atoms with van der Waals surface area (Å²) in [6.45, 7) is 0.202. The lowest BCUT2D eigenvalue weighted by Crippen LogP contribution is -2.57. The van der Waals surface area contributed by atoms with Crippen LogP contribution in [0.5, 0.6) is 0 Å². The Hall–Kier alpha value is -6.88. The summed E-state index contributed by atoms with van der Waals surface area (Å²) in [5, 5.41) is 21.7. The molecule has 2 bridgehead atoms. The van der Waals surface area contributed by atoms with Gasteiger partial charge in [-0.2, -0.15) is 0 Å². The molecule has 0 saturated heterocycles. The summed E-state index contributed by atoms with van der Waals surface area (Å²) in [6.07, 6.45) is 0.836. The van der Waals surface area contributed by atoms with Crippen molar-refractivity contribution in [3.63, 3.8) is 0 Å². The molecule has 0 radical (unpaired) electrons. The fourth-order valence-corrected chi connectivity index (χ4v) is 7.30. The fourth-order valence-electron chi connectivity index (χ4n) is 7.30. The number of amides is 4. The highest BCUT2D eigenvalue weighted by Gasteiger charge is 2.32. The molecule has 2 heterocycles. The molecule has 11 nitrogen and oxygen atoms in total. The minimum atomic E-state index is -1.18. The number of carbonyl (C=O) groups excluding carboxylic acids is 5. The maximum absolute atomic E-state index is 14.5. The Morgan fingerprint density at radius 3 is 1.73 bits per heavy atom. The lowest BCUT2D eigenvalue weighted by Gasteiger charge is -2.26. The molecular formula is C49H50N4O7. The van der Waals surface area contributed by atoms with Crippen molar-refractivity contribution in [3.8, 4) is 11.1 Å². The molecule has 0 fully saturated rings. The predicted molar refractivity (Wildman–Crippen MR) is 229 cm³/mol. The van der Waals surface area contributed by atoms with E-state index in [1.165, 1.54) is 0 Å². The first kappa shape index (κ1) is 42.7. The van der Waals surface area contributed by atoms with E-state index in [1.807, 2.05) is 115 Å². The molecule has 0 spiro atoms. The van der Waals surface area contributed by atoms with E-state index in [1.54, 1.807) is 24.3 Å². The SMILES string of the molecule is O=C1CCCNC(=O)c2ccc(cc2)C[C@@H](C(=O)O)CC(=O)[C@@H](Cc2ccccc2)NC(=O)[C@H](Cc2ccc(-c3ccccc3)cc2)NC(=O)[C@@H](CCc2ccccc2)N1. The number of hydrogen-bond donors (Lipinski definition) is 5. The van der Waals surface area contributed by atoms with Gasteiger partial charge >= 0.3 is 5.97 Å². The van der Waals surface area contributed by atoms with Crippen LogP contribution in [0.4, 0.5) is 0 Å². The van der Waals surface area contributed by atoms with Crippen LogP contribution < -0.4 is 21.3 Å². The zero-order valence-electron chi connectivity index (χ0n) is 33.3. The van der Waals surface area contributed by atoms with E-state index in [0.717, 1.165) is 27.8 Å². The summed E-state index contributed by atoms with van der Waals surface area (Å²) in [6, 6.07) is 39.3. The van der Waals surface area contributed by atoms with Gasteiger partial charge in [0.15, 0.2) is 5.78 Å². The number of carbonyl (C=O) groups is 6. The molecule has 5 N–H and O–H groups in total. The Kier molecular flexibility index (Phi) is 15.1. The number of Topliss-reactive ketones (excluding diaryl/α,β-unsaturated/α-hetero) is 1. The summed E-state index contributed by atoms with van der Waals surface area (Å²) in [5.74, 6) is -4.70. The van der Waals surface area contributed by atoms with E-state index >= 15 is 0 Å². The Labute approximate surface area is 350 Å². The van der Waals surface area contributed by atoms with Crippen molar-refractivity contribution in [1.82, 2.24) is 21.3 Å². The van der Waals surface area contributed by atoms with Gasteiger partial charge < -0.3 is 26.4 Å². The smallest absolute Gasteiger partial charge is 0.307 e. The molecule has 0 aromatic heterocycles. The molecule has 0 aliphatic carbocycles. The minimum Gasteiger partial charge on any atom is -0.481 e. The average Bonchev–Trinajstić information content (AvgIpc) is 3.26. The highest BCUT2D eigenvalue weighted by molar-refractivity contribution is 5.96. The predicted octanol–water partition coefficient (Wildman–Crippen LogP) is 5.65. The fraction of sp³-hybridized carbons (Fsp3) is 0.265. The number of nitrogens with one attached hydrogen (secondary N) is 4. The van der Waals surface area contributed by atoms with E-state index in [9.17, 15) is 33.9 Å². The van der Waals surface area contributed by atoms with E-state index in [0.29, 0.717) is 24.0 Å². The molecule has 11 heteroatoms. The second kappa shape index (κ2) is 21.2. The van der Waals surface area contributed by atoms with Crippen LogP contribution >= 0.6 is 0 Å². The largest absolute Gasteiger partial charge is 0.481 e. The van der Waals surface area contributed by atoms with Gasteiger partial charge in [-0.05, 0) is 77.6 Å². The second-order valence-corrected chi connectivity index (χ2v) is 15.2. The first-order valence-corrected chi connectivity index (χ1v) is 20.4. The van der Waals surface area contributed by atoms with Crippen molar-refractivity contribution in [3.05, 3.63) is 167 Å². The molecule has 2 aliphatic rings. The average molecular weight is 807 g/mol. The number of fused-ring (bicyclic) bond motifs is 19. The van der Waals surface area contributed by atoms with Gasteiger partial charge in [0.2, 0.25) is 17.7 Å². The number of aliphatic carboxylic acids is 1. The van der Waals surface area contributed by atoms with E-state index in [4.69, 9.17) is 0 Å². The molecule has 5 aromatic rings. The number of carboxylic acid groups (broad SMARTS) is 1. The molecule has 0 saturated carbocycles. The topological polar surface area (TPSA) is 171 Å². The van der Waals surface area contributed by atoms with Crippen LogP contribution in [-0.2, 0) is 49.7 Å². The van der Waals surface area contributed by atoms with Gasteiger partial charge in [0.1, 0.15) is 12.1 Å². The number of benzene rings is 5. The Morgan fingerprint density at radius 2 is 1.08 bits per heavy atom. The maximum Gasteiger partial charge on any atom is 0.307 e. The number of hydrogen-bond acceptors (Lipinski definition) is 6. The summed E-state index contributed by atoms with van der Waals surface area (Å²) in [4.78, 5) is 81.7. The number of rotatable bonds is 9. The van der Waals surface area contributed by atoms with Crippen LogP contribution in [0.25, 0.3) is 11.1 Å². The molecule has 4 amide bonds. The van der Waals surface area contributed by atoms with Crippen LogP contribution in [0, 0.1) is 5.92 Å². The van der Waals surface area contributed by atoms with Crippen molar-refractivity contribution in [1.29, 1.82) is 0 Å². The van der Waals surface area contributed by atoms with Crippen molar-refractivity contribution < 1.29 is 33.9 Å². The third kappa shape index (κ3) is 12.6. The van der Waals surface area contributed by atoms with Crippen molar-refractivity contribution in [2.24, 2.45) is 5.92 Å². The minimum absolute atomic E-state index is 0.0200. The third-order valence-corrected chi connectivity index (χ3v) is 10.7. The Balaban J connectivity index is 1.33. The monoisotopic (exact) mass is 806 g/mol. The van der Waals surface area contributed by atoms with Gasteiger partial charge in [-0.3, -0.25) is 28.8 Å². The lowest BCUT2D eigenvalue weighted by molar-refractivity contribution is -0.144. The molecule has 7 rings (SSSR count). The van der Waals surface area contributed by atoms with Gasteiger partial charge in [0, 0.05) is 31.4 Å². The molecule has 308 valence electrons. The molecule has 60 heavy (non-hydrogen) atoms. The van der Waals surface area contributed by atoms with Crippen molar-refractivity contribution in [2.45, 2.75) is 69.5 Å². The first-order valence-electron chi connectivity index (χ1n) is 20.4. The highest BCUT2D eigenvalue weighted by Crippen LogP contribution is 2.21. The lowest BCUT2D eigenvalue weighted by atomic mass is 9.90. The Bertz CT molecular complexity index is 2230. The maximum atomic E-state index is 14.5. The summed E-state index contributed by atoms with van der Waals surface area (Å²) < 4.78 is 0. The third-order valence-electron chi connectivity index (χ3n) is 10.7. The molecule has 0 unspecified atom stereocenters. The number of aryl methyl sites for hydroxylation is 1. The summed E-state index contributed by atoms with van der Waals surface area (Å²) in [5.41, 5.74) is 5.42. The van der Waals surface area contributed by atoms with E-state index < -0.39 is 47.6 Å². The van der Waals surface area contributed by atoms with Crippen molar-refractivity contribution >= 4 is 35.4 Å². The Morgan fingerprint density at radius 1 is 0.550 bits per heavy atom. The summed E-state index contributed by atoms with van der Waals surface area (Å²) in [7, 11) is 0. The standard InChI is InChI=1S/C49H50N4O7/c54-44-32-40(49(59)60)29-35-20-25-39(26-21-35)46(56)50-28-10-17-45(55)51-41(27-22-33-11-4-1-5-12-33)47(57)53-43(48(58)52-42(44)30-34-13-6-2-7-14-34)31-36-18-23-38(24-19-36)37-15-8-3-9-16-37/h1-9,11-16,18-21,23-26,40-43H,10,17,22,27-32H2,(H,50,56)(H,51,55)(H,52,58)(H,53,57)(H,59,60)/t40-,41-,42-,43+/m1/s1. The highest BCUT2D eigenvalue weighted by atomic mass is 16.4. The van der Waals surface area contributed by atoms with Gasteiger partial charge in [-0.15, -0.1) is 0 Å². The molecule has 4 atom stereocenters. The van der Waals surface area contributed by atoms with Gasteiger partial charge in [-0.25, -0.2) is 0 Å². The van der Waals surface area contributed by atoms with E-state index in [-0.39, 0.29) is 56.9 Å². The van der Waals surface area contributed by atoms with Crippen LogP contribution in [-0.4, -0.2) is 65.2 Å². The number of carboxylic acids is 1.